The van der Waals surface area contributed by atoms with Gasteiger partial charge in [-0.3, -0.25) is 9.89 Å². The molecular formula is C24H27N3O5. The van der Waals surface area contributed by atoms with Crippen molar-refractivity contribution in [2.75, 3.05) is 34.5 Å². The van der Waals surface area contributed by atoms with Gasteiger partial charge in [0, 0.05) is 24.8 Å². The van der Waals surface area contributed by atoms with Crippen molar-refractivity contribution < 1.29 is 24.1 Å². The summed E-state index contributed by atoms with van der Waals surface area (Å²) in [5.74, 6) is 1.13. The molecule has 3 aromatic rings. The summed E-state index contributed by atoms with van der Waals surface area (Å²) in [5, 5.41) is 18.1. The van der Waals surface area contributed by atoms with E-state index in [2.05, 4.69) is 10.2 Å². The van der Waals surface area contributed by atoms with E-state index in [1.165, 1.54) is 0 Å². The Kier molecular flexibility index (Phi) is 5.80. The maximum absolute atomic E-state index is 13.3. The number of aromatic amines is 1. The molecule has 1 amide bonds. The lowest BCUT2D eigenvalue weighted by molar-refractivity contribution is 0.0677. The van der Waals surface area contributed by atoms with Gasteiger partial charge in [0.1, 0.15) is 17.1 Å². The molecule has 1 aromatic heterocycles. The summed E-state index contributed by atoms with van der Waals surface area (Å²) in [6.45, 7) is 4.63. The van der Waals surface area contributed by atoms with Gasteiger partial charge >= 0.3 is 0 Å². The van der Waals surface area contributed by atoms with E-state index in [-0.39, 0.29) is 11.7 Å². The van der Waals surface area contributed by atoms with Gasteiger partial charge in [0.05, 0.1) is 26.9 Å². The molecule has 1 aliphatic rings. The second-order valence-corrected chi connectivity index (χ2v) is 7.85. The van der Waals surface area contributed by atoms with E-state index >= 15 is 0 Å². The van der Waals surface area contributed by atoms with Crippen LogP contribution in [0.4, 0.5) is 0 Å². The minimum atomic E-state index is -0.429. The number of rotatable bonds is 7. The molecule has 168 valence electrons. The molecule has 4 rings (SSSR count). The van der Waals surface area contributed by atoms with Gasteiger partial charge in [0.2, 0.25) is 0 Å². The van der Waals surface area contributed by atoms with Crippen molar-refractivity contribution in [1.29, 1.82) is 0 Å². The van der Waals surface area contributed by atoms with Crippen molar-refractivity contribution in [3.05, 3.63) is 58.3 Å². The zero-order valence-corrected chi connectivity index (χ0v) is 18.9. The SMILES string of the molecule is COCCN1C(=O)c2[nH]nc(-c3c(C)cc(C)cc3O)c2[C@@H]1c1ccc(OC)c(OC)c1. The first kappa shape index (κ1) is 21.7. The van der Waals surface area contributed by atoms with Crippen LogP contribution in [0, 0.1) is 13.8 Å². The zero-order valence-electron chi connectivity index (χ0n) is 18.9. The lowest BCUT2D eigenvalue weighted by atomic mass is 9.93. The van der Waals surface area contributed by atoms with Crippen molar-refractivity contribution in [2.45, 2.75) is 19.9 Å². The number of H-pyrrole nitrogens is 1. The van der Waals surface area contributed by atoms with Crippen molar-refractivity contribution in [3.8, 4) is 28.5 Å². The molecule has 0 spiro atoms. The summed E-state index contributed by atoms with van der Waals surface area (Å²) < 4.78 is 16.1. The summed E-state index contributed by atoms with van der Waals surface area (Å²) in [7, 11) is 4.76. The number of carbonyl (C=O) groups excluding carboxylic acids is 1. The number of carbonyl (C=O) groups is 1. The van der Waals surface area contributed by atoms with Gasteiger partial charge in [-0.1, -0.05) is 12.1 Å². The normalized spacial score (nSPS) is 15.2. The molecule has 0 unspecified atom stereocenters. The number of hydrogen-bond donors (Lipinski definition) is 2. The smallest absolute Gasteiger partial charge is 0.273 e. The third-order valence-corrected chi connectivity index (χ3v) is 5.82. The van der Waals surface area contributed by atoms with E-state index in [1.54, 1.807) is 32.3 Å². The summed E-state index contributed by atoms with van der Waals surface area (Å²) in [5.41, 5.74) is 4.98. The number of ether oxygens (including phenoxy) is 3. The van der Waals surface area contributed by atoms with E-state index < -0.39 is 6.04 Å². The molecule has 8 nitrogen and oxygen atoms in total. The first-order valence-corrected chi connectivity index (χ1v) is 10.3. The number of aromatic hydroxyl groups is 1. The third kappa shape index (κ3) is 3.46. The number of aromatic nitrogens is 2. The van der Waals surface area contributed by atoms with Crippen LogP contribution in [0.2, 0.25) is 0 Å². The van der Waals surface area contributed by atoms with Gasteiger partial charge < -0.3 is 24.2 Å². The minimum absolute atomic E-state index is 0.130. The molecule has 32 heavy (non-hydrogen) atoms. The minimum Gasteiger partial charge on any atom is -0.507 e. The summed E-state index contributed by atoms with van der Waals surface area (Å²) in [6.07, 6.45) is 0. The molecule has 8 heteroatoms. The molecule has 1 aliphatic heterocycles. The number of benzene rings is 2. The zero-order chi connectivity index (χ0) is 23.0. The van der Waals surface area contributed by atoms with Gasteiger partial charge in [0.25, 0.3) is 5.91 Å². The third-order valence-electron chi connectivity index (χ3n) is 5.82. The number of phenolic OH excluding ortho intramolecular Hbond substituents is 1. The molecule has 0 saturated heterocycles. The summed E-state index contributed by atoms with van der Waals surface area (Å²) in [6, 6.07) is 8.85. The number of nitrogens with one attached hydrogen (secondary N) is 1. The Balaban J connectivity index is 1.92. The lowest BCUT2D eigenvalue weighted by Crippen LogP contribution is -2.32. The second kappa shape index (κ2) is 8.55. The highest BCUT2D eigenvalue weighted by Crippen LogP contribution is 2.46. The molecule has 0 aliphatic carbocycles. The number of aryl methyl sites for hydroxylation is 2. The Hall–Kier alpha value is -3.52. The van der Waals surface area contributed by atoms with Crippen LogP contribution in [0.3, 0.4) is 0 Å². The molecule has 1 atom stereocenters. The first-order chi connectivity index (χ1) is 15.4. The van der Waals surface area contributed by atoms with Crippen molar-refractivity contribution in [2.24, 2.45) is 0 Å². The van der Waals surface area contributed by atoms with Gasteiger partial charge in [-0.25, -0.2) is 0 Å². The predicted octanol–water partition coefficient (Wildman–Crippen LogP) is 3.61. The average molecular weight is 437 g/mol. The molecule has 2 heterocycles. The topological polar surface area (TPSA) is 96.9 Å². The number of phenols is 1. The van der Waals surface area contributed by atoms with Crippen LogP contribution < -0.4 is 9.47 Å². The van der Waals surface area contributed by atoms with Crippen LogP contribution in [-0.2, 0) is 4.74 Å². The van der Waals surface area contributed by atoms with Crippen LogP contribution >= 0.6 is 0 Å². The van der Waals surface area contributed by atoms with Gasteiger partial charge in [-0.15, -0.1) is 0 Å². The molecular weight excluding hydrogens is 410 g/mol. The van der Waals surface area contributed by atoms with Gasteiger partial charge in [-0.05, 0) is 48.7 Å². The number of nitrogens with zero attached hydrogens (tertiary/aromatic N) is 2. The largest absolute Gasteiger partial charge is 0.507 e. The quantitative estimate of drug-likeness (QED) is 0.586. The van der Waals surface area contributed by atoms with Gasteiger partial charge in [0.15, 0.2) is 11.5 Å². The number of hydrogen-bond acceptors (Lipinski definition) is 6. The summed E-state index contributed by atoms with van der Waals surface area (Å²) in [4.78, 5) is 15.1. The molecule has 2 N–H and O–H groups in total. The molecule has 0 radical (unpaired) electrons. The Morgan fingerprint density at radius 3 is 2.50 bits per heavy atom. The second-order valence-electron chi connectivity index (χ2n) is 7.85. The fourth-order valence-corrected chi connectivity index (χ4v) is 4.43. The number of amides is 1. The fourth-order valence-electron chi connectivity index (χ4n) is 4.43. The van der Waals surface area contributed by atoms with E-state index in [0.717, 1.165) is 22.3 Å². The van der Waals surface area contributed by atoms with E-state index in [0.29, 0.717) is 41.6 Å². The Bertz CT molecular complexity index is 1150. The van der Waals surface area contributed by atoms with Crippen LogP contribution in [0.15, 0.2) is 30.3 Å². The molecule has 0 bridgehead atoms. The number of fused-ring (bicyclic) bond motifs is 1. The highest BCUT2D eigenvalue weighted by Gasteiger charge is 2.42. The van der Waals surface area contributed by atoms with E-state index in [1.807, 2.05) is 38.1 Å². The molecule has 2 aromatic carbocycles. The predicted molar refractivity (Wildman–Crippen MR) is 119 cm³/mol. The highest BCUT2D eigenvalue weighted by atomic mass is 16.5. The lowest BCUT2D eigenvalue weighted by Gasteiger charge is -2.27. The monoisotopic (exact) mass is 437 g/mol. The van der Waals surface area contributed by atoms with Crippen molar-refractivity contribution in [1.82, 2.24) is 15.1 Å². The number of methoxy groups -OCH3 is 3. The Labute approximate surface area is 186 Å². The maximum atomic E-state index is 13.3. The van der Waals surface area contributed by atoms with Gasteiger partial charge in [-0.2, -0.15) is 5.10 Å². The fraction of sp³-hybridized carbons (Fsp3) is 0.333. The van der Waals surface area contributed by atoms with E-state index in [9.17, 15) is 9.90 Å². The molecule has 0 fully saturated rings. The average Bonchev–Trinajstić information content (AvgIpc) is 3.30. The van der Waals surface area contributed by atoms with Crippen LogP contribution in [0.1, 0.15) is 38.8 Å². The van der Waals surface area contributed by atoms with Crippen LogP contribution in [0.5, 0.6) is 17.2 Å². The molecule has 0 saturated carbocycles. The summed E-state index contributed by atoms with van der Waals surface area (Å²) >= 11 is 0. The van der Waals surface area contributed by atoms with E-state index in [4.69, 9.17) is 14.2 Å². The standard InChI is InChI=1S/C24H27N3O5/c1-13-10-14(2)19(16(28)11-13)21-20-22(26-25-21)24(29)27(8-9-30-3)23(20)15-6-7-17(31-4)18(12-15)32-5/h6-7,10-12,23,28H,8-9H2,1-5H3,(H,25,26)/t23-/m0/s1. The van der Waals surface area contributed by atoms with Crippen molar-refractivity contribution >= 4 is 5.91 Å². The van der Waals surface area contributed by atoms with Crippen molar-refractivity contribution in [3.63, 3.8) is 0 Å². The Morgan fingerprint density at radius 1 is 1.09 bits per heavy atom. The van der Waals surface area contributed by atoms with Crippen LogP contribution in [-0.4, -0.2) is 60.6 Å². The first-order valence-electron chi connectivity index (χ1n) is 10.3. The Morgan fingerprint density at radius 2 is 1.84 bits per heavy atom. The maximum Gasteiger partial charge on any atom is 0.273 e. The van der Waals surface area contributed by atoms with Crippen LogP contribution in [0.25, 0.3) is 11.3 Å². The highest BCUT2D eigenvalue weighted by molar-refractivity contribution is 6.00.